The second-order valence-corrected chi connectivity index (χ2v) is 6.49. The Morgan fingerprint density at radius 2 is 2.07 bits per heavy atom. The summed E-state index contributed by atoms with van der Waals surface area (Å²) >= 11 is 6.23. The summed E-state index contributed by atoms with van der Waals surface area (Å²) in [7, 11) is 0. The normalized spacial score (nSPS) is 11.1. The van der Waals surface area contributed by atoms with Gasteiger partial charge in [0.25, 0.3) is 0 Å². The van der Waals surface area contributed by atoms with Gasteiger partial charge in [-0.2, -0.15) is 5.10 Å². The number of nitrogens with zero attached hydrogens (tertiary/aromatic N) is 2. The van der Waals surface area contributed by atoms with Crippen LogP contribution in [0.25, 0.3) is 6.08 Å². The van der Waals surface area contributed by atoms with Crippen LogP contribution in [0.2, 0.25) is 5.02 Å². The van der Waals surface area contributed by atoms with Crippen LogP contribution < -0.4 is 10.7 Å². The molecular formula is C20H19ClN4O2. The Morgan fingerprint density at radius 3 is 2.81 bits per heavy atom. The minimum Gasteiger partial charge on any atom is -0.366 e. The number of aryl methyl sites for hydroxylation is 1. The van der Waals surface area contributed by atoms with E-state index in [0.29, 0.717) is 11.6 Å². The van der Waals surface area contributed by atoms with Crippen LogP contribution in [0.3, 0.4) is 0 Å². The summed E-state index contributed by atoms with van der Waals surface area (Å²) < 4.78 is 1.86. The van der Waals surface area contributed by atoms with E-state index >= 15 is 0 Å². The lowest BCUT2D eigenvalue weighted by Gasteiger charge is -2.06. The Bertz CT molecular complexity index is 1070. The van der Waals surface area contributed by atoms with Crippen molar-refractivity contribution in [2.75, 3.05) is 5.32 Å². The van der Waals surface area contributed by atoms with E-state index in [1.165, 1.54) is 24.5 Å². The molecule has 0 saturated heterocycles. The van der Waals surface area contributed by atoms with Gasteiger partial charge in [-0.3, -0.25) is 14.3 Å². The van der Waals surface area contributed by atoms with E-state index in [9.17, 15) is 9.59 Å². The topological polar surface area (TPSA) is 79.8 Å². The molecule has 6 nitrogen and oxygen atoms in total. The summed E-state index contributed by atoms with van der Waals surface area (Å²) in [5, 5.41) is 7.79. The van der Waals surface area contributed by atoms with E-state index in [1.807, 2.05) is 42.8 Å². The van der Waals surface area contributed by atoms with Crippen molar-refractivity contribution in [2.24, 2.45) is 0 Å². The molecule has 0 spiro atoms. The van der Waals surface area contributed by atoms with E-state index in [1.54, 1.807) is 6.08 Å². The molecule has 0 bridgehead atoms. The molecule has 0 aliphatic carbocycles. The number of rotatable bonds is 5. The van der Waals surface area contributed by atoms with E-state index in [2.05, 4.69) is 15.4 Å². The van der Waals surface area contributed by atoms with Crippen molar-refractivity contribution in [3.63, 3.8) is 0 Å². The van der Waals surface area contributed by atoms with Crippen LogP contribution in [0.4, 0.5) is 5.69 Å². The second kappa shape index (κ2) is 8.05. The Hall–Kier alpha value is -3.12. The van der Waals surface area contributed by atoms with E-state index in [4.69, 9.17) is 11.6 Å². The largest absolute Gasteiger partial charge is 0.366 e. The monoisotopic (exact) mass is 382 g/mol. The maximum absolute atomic E-state index is 12.1. The molecule has 0 aliphatic heterocycles. The lowest BCUT2D eigenvalue weighted by Crippen LogP contribution is -2.15. The number of amides is 1. The van der Waals surface area contributed by atoms with E-state index < -0.39 is 0 Å². The van der Waals surface area contributed by atoms with Crippen LogP contribution >= 0.6 is 11.6 Å². The molecule has 2 aromatic heterocycles. The van der Waals surface area contributed by atoms with Crippen molar-refractivity contribution in [2.45, 2.75) is 20.4 Å². The number of halogens is 1. The van der Waals surface area contributed by atoms with Crippen molar-refractivity contribution < 1.29 is 4.79 Å². The van der Waals surface area contributed by atoms with Gasteiger partial charge in [-0.05, 0) is 31.6 Å². The molecule has 138 valence electrons. The average Bonchev–Trinajstić information content (AvgIpc) is 2.90. The highest BCUT2D eigenvalue weighted by molar-refractivity contribution is 6.31. The summed E-state index contributed by atoms with van der Waals surface area (Å²) in [6, 6.07) is 8.98. The zero-order chi connectivity index (χ0) is 19.4. The number of nitrogens with one attached hydrogen (secondary N) is 2. The maximum atomic E-state index is 12.1. The predicted molar refractivity (Wildman–Crippen MR) is 107 cm³/mol. The minimum atomic E-state index is -0.385. The van der Waals surface area contributed by atoms with Gasteiger partial charge >= 0.3 is 0 Å². The first-order chi connectivity index (χ1) is 13.0. The molecule has 3 aromatic rings. The molecule has 0 unspecified atom stereocenters. The molecule has 1 amide bonds. The number of benzene rings is 1. The number of aromatic nitrogens is 3. The summed E-state index contributed by atoms with van der Waals surface area (Å²) in [5.74, 6) is -0.385. The first-order valence-corrected chi connectivity index (χ1v) is 8.77. The molecule has 2 N–H and O–H groups in total. The summed E-state index contributed by atoms with van der Waals surface area (Å²) in [5.41, 5.74) is 3.51. The highest BCUT2D eigenvalue weighted by Crippen LogP contribution is 2.20. The first-order valence-electron chi connectivity index (χ1n) is 8.39. The smallest absolute Gasteiger partial charge is 0.248 e. The molecule has 3 rings (SSSR count). The number of hydrogen-bond donors (Lipinski definition) is 2. The van der Waals surface area contributed by atoms with Crippen molar-refractivity contribution in [3.05, 3.63) is 86.6 Å². The van der Waals surface area contributed by atoms with Gasteiger partial charge in [0.1, 0.15) is 5.69 Å². The fourth-order valence-electron chi connectivity index (χ4n) is 2.74. The van der Waals surface area contributed by atoms with Crippen molar-refractivity contribution in [1.82, 2.24) is 14.8 Å². The Morgan fingerprint density at radius 1 is 1.30 bits per heavy atom. The van der Waals surface area contributed by atoms with Crippen LogP contribution in [0.5, 0.6) is 0 Å². The van der Waals surface area contributed by atoms with Crippen LogP contribution in [0.15, 0.2) is 53.6 Å². The average molecular weight is 383 g/mol. The fraction of sp³-hybridized carbons (Fsp3) is 0.150. The molecule has 0 radical (unpaired) electrons. The van der Waals surface area contributed by atoms with Crippen LogP contribution in [0.1, 0.15) is 22.5 Å². The van der Waals surface area contributed by atoms with Gasteiger partial charge in [0.15, 0.2) is 0 Å². The highest BCUT2D eigenvalue weighted by atomic mass is 35.5. The molecule has 0 fully saturated rings. The number of carbonyl (C=O) groups excluding carboxylic acids is 1. The van der Waals surface area contributed by atoms with E-state index in [0.717, 1.165) is 22.5 Å². The number of carbonyl (C=O) groups is 1. The minimum absolute atomic E-state index is 0.204. The summed E-state index contributed by atoms with van der Waals surface area (Å²) in [4.78, 5) is 26.5. The zero-order valence-corrected chi connectivity index (χ0v) is 15.7. The number of anilines is 1. The maximum Gasteiger partial charge on any atom is 0.248 e. The van der Waals surface area contributed by atoms with Crippen LogP contribution in [-0.2, 0) is 11.3 Å². The molecule has 27 heavy (non-hydrogen) atoms. The molecule has 0 atom stereocenters. The molecule has 2 heterocycles. The first kappa shape index (κ1) is 18.7. The lowest BCUT2D eigenvalue weighted by molar-refractivity contribution is -0.111. The van der Waals surface area contributed by atoms with Gasteiger partial charge in [-0.25, -0.2) is 0 Å². The number of aromatic amines is 1. The third-order valence-electron chi connectivity index (χ3n) is 4.20. The van der Waals surface area contributed by atoms with Crippen molar-refractivity contribution in [3.8, 4) is 0 Å². The van der Waals surface area contributed by atoms with Gasteiger partial charge in [0.05, 0.1) is 12.2 Å². The third kappa shape index (κ3) is 4.35. The van der Waals surface area contributed by atoms with Gasteiger partial charge < -0.3 is 10.3 Å². The summed E-state index contributed by atoms with van der Waals surface area (Å²) in [6.07, 6.45) is 6.05. The number of H-pyrrole nitrogens is 1. The lowest BCUT2D eigenvalue weighted by atomic mass is 10.1. The fourth-order valence-corrected chi connectivity index (χ4v) is 2.94. The molecular weight excluding hydrogens is 364 g/mol. The molecule has 0 saturated carbocycles. The van der Waals surface area contributed by atoms with Gasteiger partial charge in [0, 0.05) is 40.8 Å². The highest BCUT2D eigenvalue weighted by Gasteiger charge is 2.11. The number of hydrogen-bond acceptors (Lipinski definition) is 3. The zero-order valence-electron chi connectivity index (χ0n) is 15.0. The van der Waals surface area contributed by atoms with Crippen LogP contribution in [-0.4, -0.2) is 20.7 Å². The Balaban J connectivity index is 1.77. The summed E-state index contributed by atoms with van der Waals surface area (Å²) in [6.45, 7) is 4.37. The Kier molecular flexibility index (Phi) is 5.57. The van der Waals surface area contributed by atoms with Gasteiger partial charge in [-0.1, -0.05) is 29.8 Å². The quantitative estimate of drug-likeness (QED) is 0.662. The predicted octanol–water partition coefficient (Wildman–Crippen LogP) is 3.54. The van der Waals surface area contributed by atoms with Crippen LogP contribution in [0, 0.1) is 13.8 Å². The van der Waals surface area contributed by atoms with E-state index in [-0.39, 0.29) is 17.0 Å². The third-order valence-corrected chi connectivity index (χ3v) is 4.57. The standard InChI is InChI=1S/C20H19ClN4O2/c1-13-16(7-8-20(27)23-18-11-22-10-9-19(18)26)14(2)25(24-13)12-15-5-3-4-6-17(15)21/h3-11H,12H2,1-2H3,(H,22,26)(H,23,27). The van der Waals surface area contributed by atoms with Crippen molar-refractivity contribution >= 4 is 29.3 Å². The van der Waals surface area contributed by atoms with Crippen molar-refractivity contribution in [1.29, 1.82) is 0 Å². The molecule has 1 aromatic carbocycles. The van der Waals surface area contributed by atoms with Gasteiger partial charge in [-0.15, -0.1) is 0 Å². The van der Waals surface area contributed by atoms with Gasteiger partial charge in [0.2, 0.25) is 11.3 Å². The molecule has 7 heteroatoms. The molecule has 0 aliphatic rings. The second-order valence-electron chi connectivity index (χ2n) is 6.08. The Labute approximate surface area is 161 Å². The number of pyridine rings is 1. The SMILES string of the molecule is Cc1nn(Cc2ccccc2Cl)c(C)c1C=CC(=O)Nc1c[nH]ccc1=O.